The Kier molecular flexibility index (Phi) is 6.54. The van der Waals surface area contributed by atoms with Gasteiger partial charge in [-0.15, -0.1) is 16.4 Å². The van der Waals surface area contributed by atoms with Gasteiger partial charge < -0.3 is 5.32 Å². The summed E-state index contributed by atoms with van der Waals surface area (Å²) in [5.41, 5.74) is 2.81. The second kappa shape index (κ2) is 9.33. The molecule has 1 amide bonds. The molecule has 4 rings (SSSR count). The highest BCUT2D eigenvalue weighted by atomic mass is 35.5. The van der Waals surface area contributed by atoms with Crippen LogP contribution in [0.3, 0.4) is 0 Å². The highest BCUT2D eigenvalue weighted by Gasteiger charge is 2.17. The Labute approximate surface area is 191 Å². The van der Waals surface area contributed by atoms with Gasteiger partial charge in [0.15, 0.2) is 0 Å². The molecule has 0 unspecified atom stereocenters. The highest BCUT2D eigenvalue weighted by molar-refractivity contribution is 7.99. The normalized spacial score (nSPS) is 11.2. The van der Waals surface area contributed by atoms with Crippen LogP contribution in [0.2, 0.25) is 5.02 Å². The minimum atomic E-state index is -0.352. The quantitative estimate of drug-likeness (QED) is 0.396. The van der Waals surface area contributed by atoms with Gasteiger partial charge in [0.2, 0.25) is 11.1 Å². The van der Waals surface area contributed by atoms with Crippen LogP contribution in [-0.2, 0) is 17.8 Å². The van der Waals surface area contributed by atoms with Crippen LogP contribution in [0.1, 0.15) is 27.4 Å². The summed E-state index contributed by atoms with van der Waals surface area (Å²) in [6, 6.07) is 8.58. The van der Waals surface area contributed by atoms with Crippen LogP contribution in [0.4, 0.5) is 4.39 Å². The first-order valence-electron chi connectivity index (χ1n) is 9.50. The van der Waals surface area contributed by atoms with Crippen molar-refractivity contribution in [2.24, 2.45) is 0 Å². The molecule has 0 bridgehead atoms. The lowest BCUT2D eigenvalue weighted by Crippen LogP contribution is -2.24. The Balaban J connectivity index is 1.50. The summed E-state index contributed by atoms with van der Waals surface area (Å²) in [5, 5.41) is 10.2. The molecule has 31 heavy (non-hydrogen) atoms. The van der Waals surface area contributed by atoms with E-state index in [0.29, 0.717) is 34.5 Å². The predicted octanol–water partition coefficient (Wildman–Crippen LogP) is 4.59. The second-order valence-electron chi connectivity index (χ2n) is 6.89. The van der Waals surface area contributed by atoms with E-state index in [1.165, 1.54) is 17.8 Å². The molecule has 4 aromatic rings. The summed E-state index contributed by atoms with van der Waals surface area (Å²) in [6.45, 7) is 4.26. The van der Waals surface area contributed by atoms with Crippen LogP contribution in [-0.4, -0.2) is 31.2 Å². The molecule has 0 spiro atoms. The average Bonchev–Trinajstić information content (AvgIpc) is 3.39. The van der Waals surface area contributed by atoms with Crippen LogP contribution >= 0.6 is 34.7 Å². The van der Waals surface area contributed by atoms with E-state index in [1.807, 2.05) is 31.4 Å². The zero-order valence-electron chi connectivity index (χ0n) is 16.9. The average molecular weight is 476 g/mol. The van der Waals surface area contributed by atoms with Crippen molar-refractivity contribution in [2.45, 2.75) is 32.0 Å². The monoisotopic (exact) mass is 475 g/mol. The van der Waals surface area contributed by atoms with Gasteiger partial charge in [-0.1, -0.05) is 35.5 Å². The minimum Gasteiger partial charge on any atom is -0.350 e. The van der Waals surface area contributed by atoms with Gasteiger partial charge in [0.05, 0.1) is 12.3 Å². The van der Waals surface area contributed by atoms with Crippen molar-refractivity contribution in [1.82, 2.24) is 24.9 Å². The number of thiophene rings is 1. The van der Waals surface area contributed by atoms with E-state index in [0.717, 1.165) is 21.8 Å². The summed E-state index contributed by atoms with van der Waals surface area (Å²) in [4.78, 5) is 22.2. The Morgan fingerprint density at radius 3 is 2.81 bits per heavy atom. The number of hydrogen-bond acceptors (Lipinski definition) is 6. The second-order valence-corrected chi connectivity index (χ2v) is 9.27. The molecule has 0 radical (unpaired) electrons. The SMILES string of the molecule is Cc1nc2nc(SCC(=O)NCc3cccs3)nn2c(C)c1Cc1c(F)cccc1Cl. The van der Waals surface area contributed by atoms with Crippen LogP contribution < -0.4 is 5.32 Å². The van der Waals surface area contributed by atoms with Gasteiger partial charge >= 0.3 is 0 Å². The van der Waals surface area contributed by atoms with E-state index in [4.69, 9.17) is 11.6 Å². The fourth-order valence-electron chi connectivity index (χ4n) is 3.16. The first kappa shape index (κ1) is 21.7. The first-order valence-corrected chi connectivity index (χ1v) is 11.7. The largest absolute Gasteiger partial charge is 0.350 e. The third-order valence-electron chi connectivity index (χ3n) is 4.82. The maximum atomic E-state index is 14.3. The molecule has 10 heteroatoms. The number of nitrogens with one attached hydrogen (secondary N) is 1. The Morgan fingerprint density at radius 1 is 1.23 bits per heavy atom. The molecule has 3 aromatic heterocycles. The standard InChI is InChI=1S/C21H19ClFN5OS2/c1-12-15(9-16-17(22)6-3-7-18(16)23)13(2)28-20(25-12)26-21(27-28)31-11-19(29)24-10-14-5-4-8-30-14/h3-8H,9-11H2,1-2H3,(H,24,29). The van der Waals surface area contributed by atoms with Gasteiger partial charge in [-0.25, -0.2) is 13.9 Å². The molecule has 1 N–H and O–H groups in total. The molecule has 6 nitrogen and oxygen atoms in total. The summed E-state index contributed by atoms with van der Waals surface area (Å²) < 4.78 is 15.9. The number of halogens is 2. The minimum absolute atomic E-state index is 0.0898. The van der Waals surface area contributed by atoms with Crippen molar-refractivity contribution in [3.8, 4) is 0 Å². The third-order valence-corrected chi connectivity index (χ3v) is 6.89. The Hall–Kier alpha value is -2.49. The maximum absolute atomic E-state index is 14.3. The highest BCUT2D eigenvalue weighted by Crippen LogP contribution is 2.26. The van der Waals surface area contributed by atoms with E-state index in [-0.39, 0.29) is 17.5 Å². The third kappa shape index (κ3) is 4.89. The lowest BCUT2D eigenvalue weighted by molar-refractivity contribution is -0.118. The topological polar surface area (TPSA) is 72.2 Å². The van der Waals surface area contributed by atoms with E-state index < -0.39 is 0 Å². The van der Waals surface area contributed by atoms with Gasteiger partial charge in [-0.3, -0.25) is 4.79 Å². The van der Waals surface area contributed by atoms with Gasteiger partial charge in [-0.05, 0) is 43.0 Å². The molecular weight excluding hydrogens is 457 g/mol. The molecule has 0 aliphatic rings. The molecule has 3 heterocycles. The molecule has 0 aliphatic carbocycles. The zero-order chi connectivity index (χ0) is 22.0. The van der Waals surface area contributed by atoms with Gasteiger partial charge in [0.1, 0.15) is 5.82 Å². The number of hydrogen-bond donors (Lipinski definition) is 1. The molecule has 1 aromatic carbocycles. The van der Waals surface area contributed by atoms with Crippen LogP contribution in [0, 0.1) is 19.7 Å². The number of aromatic nitrogens is 4. The molecule has 0 atom stereocenters. The first-order chi connectivity index (χ1) is 14.9. The molecule has 0 saturated heterocycles. The summed E-state index contributed by atoms with van der Waals surface area (Å²) in [5.74, 6) is 0.209. The van der Waals surface area contributed by atoms with Gasteiger partial charge in [0.25, 0.3) is 5.78 Å². The van der Waals surface area contributed by atoms with Crippen molar-refractivity contribution in [3.05, 3.63) is 73.9 Å². The fourth-order valence-corrected chi connectivity index (χ4v) is 4.69. The zero-order valence-corrected chi connectivity index (χ0v) is 19.2. The molecule has 0 saturated carbocycles. The molecule has 0 aliphatic heterocycles. The number of rotatable bonds is 7. The summed E-state index contributed by atoms with van der Waals surface area (Å²) in [7, 11) is 0. The predicted molar refractivity (Wildman–Crippen MR) is 121 cm³/mol. The number of nitrogens with zero attached hydrogens (tertiary/aromatic N) is 4. The van der Waals surface area contributed by atoms with E-state index in [1.54, 1.807) is 28.0 Å². The van der Waals surface area contributed by atoms with Gasteiger partial charge in [-0.2, -0.15) is 4.98 Å². The van der Waals surface area contributed by atoms with Crippen molar-refractivity contribution in [2.75, 3.05) is 5.75 Å². The van der Waals surface area contributed by atoms with E-state index >= 15 is 0 Å². The maximum Gasteiger partial charge on any atom is 0.253 e. The number of benzene rings is 1. The van der Waals surface area contributed by atoms with Crippen molar-refractivity contribution in [1.29, 1.82) is 0 Å². The fraction of sp³-hybridized carbons (Fsp3) is 0.238. The Bertz CT molecular complexity index is 1220. The number of aryl methyl sites for hydroxylation is 2. The van der Waals surface area contributed by atoms with Crippen LogP contribution in [0.15, 0.2) is 40.9 Å². The smallest absolute Gasteiger partial charge is 0.253 e. The van der Waals surface area contributed by atoms with Crippen LogP contribution in [0.5, 0.6) is 0 Å². The lowest BCUT2D eigenvalue weighted by Gasteiger charge is -2.12. The summed E-state index contributed by atoms with van der Waals surface area (Å²) >= 11 is 9.05. The number of carbonyl (C=O) groups is 1. The number of fused-ring (bicyclic) bond motifs is 1. The molecule has 160 valence electrons. The van der Waals surface area contributed by atoms with Crippen molar-refractivity contribution in [3.63, 3.8) is 0 Å². The number of amides is 1. The van der Waals surface area contributed by atoms with E-state index in [9.17, 15) is 9.18 Å². The number of carbonyl (C=O) groups excluding carboxylic acids is 1. The summed E-state index contributed by atoms with van der Waals surface area (Å²) in [6.07, 6.45) is 0.305. The molecule has 0 fully saturated rings. The van der Waals surface area contributed by atoms with Crippen molar-refractivity contribution < 1.29 is 9.18 Å². The lowest BCUT2D eigenvalue weighted by atomic mass is 10.0. The van der Waals surface area contributed by atoms with E-state index in [2.05, 4.69) is 20.4 Å². The van der Waals surface area contributed by atoms with Gasteiger partial charge in [0, 0.05) is 33.3 Å². The molecular formula is C21H19ClFN5OS2. The number of thioether (sulfide) groups is 1. The Morgan fingerprint density at radius 2 is 2.06 bits per heavy atom. The van der Waals surface area contributed by atoms with Crippen LogP contribution in [0.25, 0.3) is 5.78 Å². The van der Waals surface area contributed by atoms with Crippen molar-refractivity contribution >= 4 is 46.4 Å².